The number of aryl methyl sites for hydroxylation is 2. The number of halogens is 1. The third-order valence-electron chi connectivity index (χ3n) is 6.42. The molecule has 10 heteroatoms. The van der Waals surface area contributed by atoms with Gasteiger partial charge in [0.15, 0.2) is 5.82 Å². The van der Waals surface area contributed by atoms with Crippen molar-refractivity contribution >= 4 is 40.0 Å². The normalized spacial score (nSPS) is 18.6. The lowest BCUT2D eigenvalue weighted by Gasteiger charge is -2.36. The number of hydrogen-bond acceptors (Lipinski definition) is 7. The van der Waals surface area contributed by atoms with Crippen LogP contribution in [0.4, 0.5) is 17.3 Å². The zero-order valence-electron chi connectivity index (χ0n) is 20.5. The second-order valence-electron chi connectivity index (χ2n) is 10.2. The van der Waals surface area contributed by atoms with E-state index in [0.717, 1.165) is 24.0 Å². The van der Waals surface area contributed by atoms with Crippen molar-refractivity contribution in [3.63, 3.8) is 0 Å². The molecule has 0 amide bonds. The van der Waals surface area contributed by atoms with Gasteiger partial charge >= 0.3 is 5.69 Å². The number of nitriles is 1. The SMILES string of the molecule is C[C@H]1C[C@@H](N)CN(c2nc(Nc3ccc4c(c3)n(CCC(C)(C)O)c(=O)n4C)c(Cl)cc2C#N)C1. The summed E-state index contributed by atoms with van der Waals surface area (Å²) in [6.07, 6.45) is 1.37. The predicted molar refractivity (Wildman–Crippen MR) is 139 cm³/mol. The smallest absolute Gasteiger partial charge is 0.328 e. The highest BCUT2D eigenvalue weighted by molar-refractivity contribution is 6.33. The highest BCUT2D eigenvalue weighted by Gasteiger charge is 2.26. The zero-order chi connectivity index (χ0) is 25.5. The van der Waals surface area contributed by atoms with Crippen LogP contribution in [0.5, 0.6) is 0 Å². The maximum atomic E-state index is 12.8. The van der Waals surface area contributed by atoms with E-state index in [4.69, 9.17) is 22.3 Å². The van der Waals surface area contributed by atoms with Crippen LogP contribution in [0.15, 0.2) is 29.1 Å². The van der Waals surface area contributed by atoms with Crippen LogP contribution in [0.25, 0.3) is 11.0 Å². The van der Waals surface area contributed by atoms with Crippen molar-refractivity contribution in [2.24, 2.45) is 18.7 Å². The van der Waals surface area contributed by atoms with Gasteiger partial charge in [0.05, 0.1) is 27.2 Å². The lowest BCUT2D eigenvalue weighted by atomic mass is 9.96. The van der Waals surface area contributed by atoms with Gasteiger partial charge in [0.2, 0.25) is 0 Å². The fourth-order valence-electron chi connectivity index (χ4n) is 4.69. The minimum absolute atomic E-state index is 0.0142. The third kappa shape index (κ3) is 5.30. The molecule has 9 nitrogen and oxygen atoms in total. The van der Waals surface area contributed by atoms with Gasteiger partial charge in [-0.25, -0.2) is 9.78 Å². The van der Waals surface area contributed by atoms with Gasteiger partial charge in [0.25, 0.3) is 0 Å². The van der Waals surface area contributed by atoms with Gasteiger partial charge in [-0.2, -0.15) is 5.26 Å². The molecule has 1 aliphatic heterocycles. The first-order valence-corrected chi connectivity index (χ1v) is 12.1. The number of pyridine rings is 1. The van der Waals surface area contributed by atoms with Crippen LogP contribution >= 0.6 is 11.6 Å². The monoisotopic (exact) mass is 497 g/mol. The van der Waals surface area contributed by atoms with Crippen molar-refractivity contribution in [3.05, 3.63) is 45.3 Å². The molecule has 0 unspecified atom stereocenters. The van der Waals surface area contributed by atoms with Crippen molar-refractivity contribution in [1.29, 1.82) is 5.26 Å². The molecule has 1 aliphatic rings. The fourth-order valence-corrected chi connectivity index (χ4v) is 4.89. The Morgan fingerprint density at radius 1 is 1.31 bits per heavy atom. The summed E-state index contributed by atoms with van der Waals surface area (Å²) in [4.78, 5) is 19.6. The summed E-state index contributed by atoms with van der Waals surface area (Å²) in [7, 11) is 1.73. The predicted octanol–water partition coefficient (Wildman–Crippen LogP) is 3.34. The number of aliphatic hydroxyl groups is 1. The minimum Gasteiger partial charge on any atom is -0.390 e. The summed E-state index contributed by atoms with van der Waals surface area (Å²) in [5.41, 5.74) is 7.83. The second-order valence-corrected chi connectivity index (χ2v) is 10.6. The third-order valence-corrected chi connectivity index (χ3v) is 6.71. The average molecular weight is 498 g/mol. The lowest BCUT2D eigenvalue weighted by molar-refractivity contribution is 0.0662. The van der Waals surface area contributed by atoms with Crippen LogP contribution in [0.1, 0.15) is 39.2 Å². The molecule has 186 valence electrons. The molecule has 1 fully saturated rings. The van der Waals surface area contributed by atoms with Crippen molar-refractivity contribution in [3.8, 4) is 6.07 Å². The highest BCUT2D eigenvalue weighted by Crippen LogP contribution is 2.32. The van der Waals surface area contributed by atoms with E-state index in [-0.39, 0.29) is 11.7 Å². The van der Waals surface area contributed by atoms with Crippen molar-refractivity contribution in [1.82, 2.24) is 14.1 Å². The Bertz CT molecular complexity index is 1340. The summed E-state index contributed by atoms with van der Waals surface area (Å²) in [5, 5.41) is 23.4. The number of nitrogens with one attached hydrogen (secondary N) is 1. The number of aromatic nitrogens is 3. The van der Waals surface area contributed by atoms with Crippen LogP contribution < -0.4 is 21.6 Å². The number of benzene rings is 1. The molecule has 3 heterocycles. The van der Waals surface area contributed by atoms with E-state index in [1.807, 2.05) is 23.1 Å². The molecule has 35 heavy (non-hydrogen) atoms. The van der Waals surface area contributed by atoms with Gasteiger partial charge in [-0.05, 0) is 56.9 Å². The minimum atomic E-state index is -0.887. The van der Waals surface area contributed by atoms with Crippen LogP contribution in [-0.2, 0) is 13.6 Å². The van der Waals surface area contributed by atoms with Gasteiger partial charge in [-0.15, -0.1) is 0 Å². The Hall–Kier alpha value is -3.06. The Balaban J connectivity index is 1.70. The van der Waals surface area contributed by atoms with Crippen LogP contribution in [0.2, 0.25) is 5.02 Å². The second kappa shape index (κ2) is 9.53. The van der Waals surface area contributed by atoms with Crippen LogP contribution in [-0.4, -0.2) is 44.0 Å². The molecule has 0 spiro atoms. The summed E-state index contributed by atoms with van der Waals surface area (Å²) in [6, 6.07) is 9.43. The molecule has 4 rings (SSSR count). The van der Waals surface area contributed by atoms with E-state index in [1.54, 1.807) is 36.1 Å². The first kappa shape index (κ1) is 25.0. The molecule has 0 bridgehead atoms. The molecular weight excluding hydrogens is 466 g/mol. The number of nitrogens with zero attached hydrogens (tertiary/aromatic N) is 5. The summed E-state index contributed by atoms with van der Waals surface area (Å²) < 4.78 is 3.25. The Kier molecular flexibility index (Phi) is 6.82. The maximum absolute atomic E-state index is 12.8. The van der Waals surface area contributed by atoms with E-state index in [2.05, 4.69) is 18.3 Å². The van der Waals surface area contributed by atoms with Crippen LogP contribution in [0.3, 0.4) is 0 Å². The molecular formula is C25H32ClN7O2. The van der Waals surface area contributed by atoms with E-state index < -0.39 is 5.60 Å². The topological polar surface area (TPSA) is 125 Å². The molecule has 1 aromatic carbocycles. The molecule has 1 saturated heterocycles. The summed E-state index contributed by atoms with van der Waals surface area (Å²) in [5.74, 6) is 1.37. The number of imidazole rings is 1. The Morgan fingerprint density at radius 3 is 2.71 bits per heavy atom. The van der Waals surface area contributed by atoms with Crippen molar-refractivity contribution in [2.45, 2.75) is 51.8 Å². The molecule has 2 atom stereocenters. The van der Waals surface area contributed by atoms with Gasteiger partial charge in [0, 0.05) is 38.4 Å². The number of piperidine rings is 1. The van der Waals surface area contributed by atoms with Gasteiger partial charge < -0.3 is 21.1 Å². The highest BCUT2D eigenvalue weighted by atomic mass is 35.5. The van der Waals surface area contributed by atoms with Crippen LogP contribution in [0, 0.1) is 17.2 Å². The van der Waals surface area contributed by atoms with Crippen molar-refractivity contribution in [2.75, 3.05) is 23.3 Å². The van der Waals surface area contributed by atoms with E-state index in [0.29, 0.717) is 53.3 Å². The number of nitrogens with two attached hydrogens (primary N) is 1. The number of anilines is 3. The number of fused-ring (bicyclic) bond motifs is 1. The largest absolute Gasteiger partial charge is 0.390 e. The fraction of sp³-hybridized carbons (Fsp3) is 0.480. The summed E-state index contributed by atoms with van der Waals surface area (Å²) >= 11 is 6.50. The van der Waals surface area contributed by atoms with Gasteiger partial charge in [-0.3, -0.25) is 9.13 Å². The Morgan fingerprint density at radius 2 is 2.06 bits per heavy atom. The standard InChI is InChI=1S/C25H32ClN7O2/c1-15-9-17(28)14-32(13-15)23-16(12-27)10-19(26)22(30-23)29-18-5-6-20-21(11-18)33(24(34)31(20)4)8-7-25(2,3)35/h5-6,10-11,15,17,35H,7-9,13-14,28H2,1-4H3,(H,29,30)/t15-,17+/m0/s1. The molecule has 2 aromatic heterocycles. The van der Waals surface area contributed by atoms with Crippen molar-refractivity contribution < 1.29 is 5.11 Å². The molecule has 4 N–H and O–H groups in total. The molecule has 0 saturated carbocycles. The van der Waals surface area contributed by atoms with Gasteiger partial charge in [-0.1, -0.05) is 18.5 Å². The molecule has 3 aromatic rings. The maximum Gasteiger partial charge on any atom is 0.328 e. The van der Waals surface area contributed by atoms with E-state index in [1.165, 1.54) is 0 Å². The molecule has 0 aliphatic carbocycles. The Labute approximate surface area is 209 Å². The quantitative estimate of drug-likeness (QED) is 0.477. The lowest BCUT2D eigenvalue weighted by Crippen LogP contribution is -2.47. The average Bonchev–Trinajstić information content (AvgIpc) is 3.01. The van der Waals surface area contributed by atoms with Gasteiger partial charge in [0.1, 0.15) is 11.9 Å². The first-order chi connectivity index (χ1) is 16.5. The van der Waals surface area contributed by atoms with E-state index in [9.17, 15) is 15.2 Å². The van der Waals surface area contributed by atoms with E-state index >= 15 is 0 Å². The number of hydrogen-bond donors (Lipinski definition) is 3. The summed E-state index contributed by atoms with van der Waals surface area (Å²) in [6.45, 7) is 7.36. The molecule has 0 radical (unpaired) electrons. The number of rotatable bonds is 6. The zero-order valence-corrected chi connectivity index (χ0v) is 21.3. The first-order valence-electron chi connectivity index (χ1n) is 11.8.